The van der Waals surface area contributed by atoms with Gasteiger partial charge in [0.2, 0.25) is 10.0 Å². The summed E-state index contributed by atoms with van der Waals surface area (Å²) in [5.41, 5.74) is 4.34. The van der Waals surface area contributed by atoms with Gasteiger partial charge in [0.05, 0.1) is 4.90 Å². The third kappa shape index (κ3) is 12.7. The lowest BCUT2D eigenvalue weighted by molar-refractivity contribution is 0.399. The van der Waals surface area contributed by atoms with Crippen LogP contribution >= 0.6 is 11.6 Å². The molecule has 6 nitrogen and oxygen atoms in total. The molecule has 1 atom stereocenters. The van der Waals surface area contributed by atoms with Crippen molar-refractivity contribution in [1.82, 2.24) is 0 Å². The number of hydrogen-bond acceptors (Lipinski definition) is 5. The summed E-state index contributed by atoms with van der Waals surface area (Å²) in [6.45, 7) is 9.31. The summed E-state index contributed by atoms with van der Waals surface area (Å²) in [4.78, 5) is 4.54. The number of aliphatic hydroxyl groups is 1. The largest absolute Gasteiger partial charge is 0.508 e. The van der Waals surface area contributed by atoms with Crippen LogP contribution in [0.25, 0.3) is 0 Å². The van der Waals surface area contributed by atoms with Gasteiger partial charge >= 0.3 is 0 Å². The molecule has 3 rings (SSSR count). The first-order valence-corrected chi connectivity index (χ1v) is 13.1. The van der Waals surface area contributed by atoms with E-state index in [0.29, 0.717) is 5.92 Å². The zero-order chi connectivity index (χ0) is 27.7. The molecule has 0 aliphatic heterocycles. The summed E-state index contributed by atoms with van der Waals surface area (Å²) >= 11 is 5.91. The Balaban J connectivity index is 0.000000645. The molecule has 0 saturated carbocycles. The number of benzene rings is 3. The fraction of sp³-hybridized carbons (Fsp3) is 0.250. The predicted octanol–water partition coefficient (Wildman–Crippen LogP) is 6.10. The van der Waals surface area contributed by atoms with E-state index in [9.17, 15) is 13.5 Å². The molecule has 3 aromatic carbocycles. The number of nitrogens with zero attached hydrogens (tertiary/aromatic N) is 1. The molecule has 0 saturated heterocycles. The number of allylic oxidation sites excluding steroid dienone is 1. The first-order chi connectivity index (χ1) is 17.0. The van der Waals surface area contributed by atoms with Gasteiger partial charge in [-0.15, -0.1) is 6.58 Å². The smallest absolute Gasteiger partial charge is 0.238 e. The molecule has 0 amide bonds. The predicted molar refractivity (Wildman–Crippen MR) is 152 cm³/mol. The number of nitrogens with two attached hydrogens (primary N) is 1. The summed E-state index contributed by atoms with van der Waals surface area (Å²) in [6.07, 6.45) is 2.60. The van der Waals surface area contributed by atoms with Crippen LogP contribution in [-0.4, -0.2) is 38.5 Å². The van der Waals surface area contributed by atoms with Gasteiger partial charge in [0.25, 0.3) is 0 Å². The maximum atomic E-state index is 10.7. The molecular formula is C28H37ClN2O4S. The Morgan fingerprint density at radius 2 is 1.50 bits per heavy atom. The first-order valence-electron chi connectivity index (χ1n) is 11.1. The summed E-state index contributed by atoms with van der Waals surface area (Å²) in [7, 11) is -0.717. The van der Waals surface area contributed by atoms with E-state index in [4.69, 9.17) is 21.8 Å². The Hall–Kier alpha value is -2.97. The van der Waals surface area contributed by atoms with Crippen molar-refractivity contribution in [3.63, 3.8) is 0 Å². The highest BCUT2D eigenvalue weighted by Gasteiger charge is 2.11. The standard InChI is InChI=1S/C17H18ClNO.C7H9NO2S.C3H6.CH4O/c1-12(13-3-7-15(18)8-4-13)11-17(19-2)14-5-9-16(20)10-6-14;1-6-2-4-7(5-3-6)11(8,9)10;1-3-2;1-2/h3-10,12,20H,11H2,1-2H3;2-5H,1H3,(H2,8,9,10);3H,1H2,2H3;2H,1H3. The molecule has 8 heteroatoms. The third-order valence-electron chi connectivity index (χ3n) is 4.76. The minimum absolute atomic E-state index is 0.156. The lowest BCUT2D eigenvalue weighted by Gasteiger charge is -2.14. The average molecular weight is 533 g/mol. The van der Waals surface area contributed by atoms with Crippen LogP contribution in [0.5, 0.6) is 5.75 Å². The quantitative estimate of drug-likeness (QED) is 0.272. The van der Waals surface area contributed by atoms with Gasteiger partial charge in [-0.05, 0) is 85.8 Å². The normalized spacial score (nSPS) is 11.4. The van der Waals surface area contributed by atoms with E-state index in [0.717, 1.165) is 35.4 Å². The van der Waals surface area contributed by atoms with Crippen LogP contribution in [0.3, 0.4) is 0 Å². The van der Waals surface area contributed by atoms with E-state index < -0.39 is 10.0 Å². The molecule has 0 spiro atoms. The molecule has 36 heavy (non-hydrogen) atoms. The van der Waals surface area contributed by atoms with E-state index in [1.165, 1.54) is 17.7 Å². The van der Waals surface area contributed by atoms with Crippen molar-refractivity contribution in [2.75, 3.05) is 14.2 Å². The Kier molecular flexibility index (Phi) is 16.0. The lowest BCUT2D eigenvalue weighted by Crippen LogP contribution is -2.11. The van der Waals surface area contributed by atoms with Gasteiger partial charge in [0, 0.05) is 24.9 Å². The van der Waals surface area contributed by atoms with Crippen LogP contribution in [0.2, 0.25) is 5.02 Å². The molecule has 1 unspecified atom stereocenters. The number of rotatable bonds is 5. The van der Waals surface area contributed by atoms with Crippen molar-refractivity contribution >= 4 is 27.3 Å². The number of hydrogen-bond donors (Lipinski definition) is 3. The Bertz CT molecular complexity index is 1160. The van der Waals surface area contributed by atoms with Gasteiger partial charge < -0.3 is 10.2 Å². The molecule has 0 aliphatic rings. The highest BCUT2D eigenvalue weighted by molar-refractivity contribution is 7.89. The number of phenolic OH excluding ortho intramolecular Hbond substituents is 1. The lowest BCUT2D eigenvalue weighted by atomic mass is 9.92. The van der Waals surface area contributed by atoms with E-state index in [1.807, 2.05) is 38.1 Å². The topological polar surface area (TPSA) is 113 Å². The Morgan fingerprint density at radius 1 is 1.03 bits per heavy atom. The van der Waals surface area contributed by atoms with Crippen molar-refractivity contribution in [1.29, 1.82) is 0 Å². The molecule has 0 heterocycles. The second-order valence-corrected chi connectivity index (χ2v) is 9.64. The van der Waals surface area contributed by atoms with Crippen LogP contribution in [0, 0.1) is 6.92 Å². The summed E-state index contributed by atoms with van der Waals surface area (Å²) < 4.78 is 21.4. The van der Waals surface area contributed by atoms with Crippen molar-refractivity contribution in [3.8, 4) is 5.75 Å². The van der Waals surface area contributed by atoms with E-state index in [-0.39, 0.29) is 10.6 Å². The van der Waals surface area contributed by atoms with Gasteiger partial charge in [-0.1, -0.05) is 54.4 Å². The minimum atomic E-state index is -3.52. The molecule has 196 valence electrons. The van der Waals surface area contributed by atoms with Crippen molar-refractivity contribution in [2.45, 2.75) is 38.0 Å². The molecular weight excluding hydrogens is 496 g/mol. The number of aromatic hydroxyl groups is 1. The van der Waals surface area contributed by atoms with Gasteiger partial charge in [-0.3, -0.25) is 4.99 Å². The van der Waals surface area contributed by atoms with Crippen LogP contribution in [0.1, 0.15) is 42.9 Å². The number of aryl methyl sites for hydroxylation is 1. The zero-order valence-corrected chi connectivity index (χ0v) is 23.1. The monoisotopic (exact) mass is 532 g/mol. The molecule has 4 N–H and O–H groups in total. The number of phenols is 1. The minimum Gasteiger partial charge on any atom is -0.508 e. The van der Waals surface area contributed by atoms with Gasteiger partial charge in [0.1, 0.15) is 5.75 Å². The van der Waals surface area contributed by atoms with Crippen molar-refractivity contribution in [3.05, 3.63) is 107 Å². The molecule has 0 radical (unpaired) electrons. The fourth-order valence-corrected chi connectivity index (χ4v) is 3.56. The van der Waals surface area contributed by atoms with Crippen molar-refractivity contribution < 1.29 is 18.6 Å². The first kappa shape index (κ1) is 33.0. The Morgan fingerprint density at radius 3 is 1.92 bits per heavy atom. The van der Waals surface area contributed by atoms with Crippen LogP contribution in [0.15, 0.2) is 95.3 Å². The number of halogens is 1. The maximum Gasteiger partial charge on any atom is 0.238 e. The molecule has 3 aromatic rings. The van der Waals surface area contributed by atoms with Crippen LogP contribution in [0.4, 0.5) is 0 Å². The van der Waals surface area contributed by atoms with E-state index >= 15 is 0 Å². The molecule has 0 fully saturated rings. The summed E-state index contributed by atoms with van der Waals surface area (Å²) in [5, 5.41) is 22.0. The summed E-state index contributed by atoms with van der Waals surface area (Å²) in [5.74, 6) is 0.634. The van der Waals surface area contributed by atoms with Gasteiger partial charge in [0.15, 0.2) is 0 Å². The van der Waals surface area contributed by atoms with Crippen LogP contribution < -0.4 is 5.14 Å². The molecule has 0 aromatic heterocycles. The SMILES string of the molecule is C=CC.CN=C(CC(C)c1ccc(Cl)cc1)c1ccc(O)cc1.CO.Cc1ccc(S(N)(=O)=O)cc1. The Labute approximate surface area is 220 Å². The molecule has 0 aliphatic carbocycles. The highest BCUT2D eigenvalue weighted by atomic mass is 35.5. The number of aliphatic hydroxyl groups excluding tert-OH is 1. The second kappa shape index (κ2) is 17.5. The second-order valence-electron chi connectivity index (χ2n) is 7.64. The highest BCUT2D eigenvalue weighted by Crippen LogP contribution is 2.24. The van der Waals surface area contributed by atoms with Gasteiger partial charge in [-0.25, -0.2) is 13.6 Å². The zero-order valence-electron chi connectivity index (χ0n) is 21.5. The van der Waals surface area contributed by atoms with Gasteiger partial charge in [-0.2, -0.15) is 0 Å². The number of aliphatic imine (C=N–C) groups is 1. The maximum absolute atomic E-state index is 10.7. The average Bonchev–Trinajstić information content (AvgIpc) is 2.85. The number of sulfonamides is 1. The summed E-state index contributed by atoms with van der Waals surface area (Å²) in [6, 6.07) is 21.5. The third-order valence-corrected chi connectivity index (χ3v) is 5.94. The van der Waals surface area contributed by atoms with E-state index in [1.54, 1.807) is 37.4 Å². The molecule has 0 bridgehead atoms. The van der Waals surface area contributed by atoms with Crippen LogP contribution in [-0.2, 0) is 10.0 Å². The number of primary sulfonamides is 1. The van der Waals surface area contributed by atoms with Crippen molar-refractivity contribution in [2.24, 2.45) is 10.1 Å². The fourth-order valence-electron chi connectivity index (χ4n) is 2.92. The van der Waals surface area contributed by atoms with E-state index in [2.05, 4.69) is 30.6 Å².